The van der Waals surface area contributed by atoms with Crippen LogP contribution in [0.3, 0.4) is 0 Å². The van der Waals surface area contributed by atoms with E-state index in [1.807, 2.05) is 54.7 Å². The lowest BCUT2D eigenvalue weighted by Crippen LogP contribution is -2.59. The van der Waals surface area contributed by atoms with Crippen LogP contribution in [0.25, 0.3) is 6.08 Å². The number of likely N-dealkylation sites (tertiary alicyclic amines) is 1. The fourth-order valence-corrected chi connectivity index (χ4v) is 4.66. The second-order valence-electron chi connectivity index (χ2n) is 7.87. The van der Waals surface area contributed by atoms with Gasteiger partial charge in [-0.3, -0.25) is 9.80 Å². The summed E-state index contributed by atoms with van der Waals surface area (Å²) in [6.07, 6.45) is 4.49. The molecule has 1 N–H and O–H groups in total. The number of anilines is 1. The number of pyridine rings is 1. The first-order chi connectivity index (χ1) is 14.2. The van der Waals surface area contributed by atoms with E-state index < -0.39 is 0 Å². The molecule has 0 amide bonds. The molecular formula is C23H29ClN4O. The van der Waals surface area contributed by atoms with Gasteiger partial charge in [-0.25, -0.2) is 4.98 Å². The van der Waals surface area contributed by atoms with Gasteiger partial charge in [0.25, 0.3) is 0 Å². The molecule has 0 spiro atoms. The zero-order valence-corrected chi connectivity index (χ0v) is 17.5. The molecule has 2 aromatic rings. The maximum absolute atomic E-state index is 10.8. The SMILES string of the molecule is O[C@@H]1CN(CC(Cl)=Cc2ccccc2)CC[C@H]1N1CCN(c2ccccn2)CC1. The first-order valence-corrected chi connectivity index (χ1v) is 10.8. The summed E-state index contributed by atoms with van der Waals surface area (Å²) in [6.45, 7) is 6.16. The number of benzene rings is 1. The van der Waals surface area contributed by atoms with Gasteiger partial charge in [0.1, 0.15) is 5.82 Å². The maximum atomic E-state index is 10.8. The third-order valence-corrected chi connectivity index (χ3v) is 6.11. The van der Waals surface area contributed by atoms with Crippen LogP contribution in [0.15, 0.2) is 59.8 Å². The molecule has 2 aliphatic rings. The third-order valence-electron chi connectivity index (χ3n) is 5.88. The van der Waals surface area contributed by atoms with Crippen molar-refractivity contribution in [1.29, 1.82) is 0 Å². The van der Waals surface area contributed by atoms with Crippen molar-refractivity contribution in [2.75, 3.05) is 50.7 Å². The Morgan fingerprint density at radius 2 is 1.79 bits per heavy atom. The van der Waals surface area contributed by atoms with Crippen molar-refractivity contribution in [3.8, 4) is 0 Å². The van der Waals surface area contributed by atoms with Crippen LogP contribution in [0.1, 0.15) is 12.0 Å². The van der Waals surface area contributed by atoms with Crippen molar-refractivity contribution in [3.63, 3.8) is 0 Å². The highest BCUT2D eigenvalue weighted by molar-refractivity contribution is 6.31. The monoisotopic (exact) mass is 412 g/mol. The van der Waals surface area contributed by atoms with E-state index in [-0.39, 0.29) is 12.1 Å². The molecule has 6 heteroatoms. The summed E-state index contributed by atoms with van der Waals surface area (Å²) in [5.41, 5.74) is 1.11. The molecule has 3 heterocycles. The summed E-state index contributed by atoms with van der Waals surface area (Å²) in [7, 11) is 0. The zero-order valence-electron chi connectivity index (χ0n) is 16.7. The van der Waals surface area contributed by atoms with Crippen LogP contribution in [0.5, 0.6) is 0 Å². The first-order valence-electron chi connectivity index (χ1n) is 10.4. The van der Waals surface area contributed by atoms with Crippen molar-refractivity contribution in [1.82, 2.24) is 14.8 Å². The lowest BCUT2D eigenvalue weighted by atomic mass is 9.99. The molecule has 29 heavy (non-hydrogen) atoms. The normalized spacial score (nSPS) is 24.6. The number of piperazine rings is 1. The molecule has 1 aromatic carbocycles. The number of β-amino-alcohol motifs (C(OH)–C–C–N with tert-alkyl or cyclic N) is 1. The van der Waals surface area contributed by atoms with E-state index in [0.717, 1.165) is 55.6 Å². The third kappa shape index (κ3) is 5.37. The Hall–Kier alpha value is -1.92. The summed E-state index contributed by atoms with van der Waals surface area (Å²) < 4.78 is 0. The molecule has 5 nitrogen and oxygen atoms in total. The van der Waals surface area contributed by atoms with E-state index in [2.05, 4.69) is 25.8 Å². The number of piperidine rings is 1. The predicted octanol–water partition coefficient (Wildman–Crippen LogP) is 2.92. The number of hydrogen-bond donors (Lipinski definition) is 1. The second kappa shape index (κ2) is 9.72. The van der Waals surface area contributed by atoms with Crippen LogP contribution in [-0.4, -0.2) is 77.8 Å². The number of aliphatic hydroxyl groups is 1. The summed E-state index contributed by atoms with van der Waals surface area (Å²) >= 11 is 6.47. The predicted molar refractivity (Wildman–Crippen MR) is 119 cm³/mol. The Balaban J connectivity index is 1.27. The highest BCUT2D eigenvalue weighted by Crippen LogP contribution is 2.22. The maximum Gasteiger partial charge on any atom is 0.128 e. The van der Waals surface area contributed by atoms with E-state index in [4.69, 9.17) is 11.6 Å². The van der Waals surface area contributed by atoms with Gasteiger partial charge in [-0.1, -0.05) is 48.0 Å². The van der Waals surface area contributed by atoms with Crippen LogP contribution >= 0.6 is 11.6 Å². The molecule has 1 aromatic heterocycles. The second-order valence-corrected chi connectivity index (χ2v) is 8.36. The highest BCUT2D eigenvalue weighted by atomic mass is 35.5. The van der Waals surface area contributed by atoms with Gasteiger partial charge in [0.2, 0.25) is 0 Å². The van der Waals surface area contributed by atoms with Gasteiger partial charge in [-0.2, -0.15) is 0 Å². The average Bonchev–Trinajstić information content (AvgIpc) is 2.75. The lowest BCUT2D eigenvalue weighted by Gasteiger charge is -2.45. The Morgan fingerprint density at radius 3 is 2.48 bits per heavy atom. The van der Waals surface area contributed by atoms with Gasteiger partial charge in [-0.15, -0.1) is 0 Å². The van der Waals surface area contributed by atoms with Crippen LogP contribution in [0, 0.1) is 0 Å². The minimum absolute atomic E-state index is 0.231. The molecule has 2 fully saturated rings. The molecule has 2 atom stereocenters. The number of halogens is 1. The van der Waals surface area contributed by atoms with Gasteiger partial charge in [0, 0.05) is 63.1 Å². The van der Waals surface area contributed by atoms with Crippen LogP contribution in [-0.2, 0) is 0 Å². The van der Waals surface area contributed by atoms with Gasteiger partial charge in [0.05, 0.1) is 6.10 Å². The number of aliphatic hydroxyl groups excluding tert-OH is 1. The Kier molecular flexibility index (Phi) is 6.82. The Morgan fingerprint density at radius 1 is 1.03 bits per heavy atom. The van der Waals surface area contributed by atoms with Crippen molar-refractivity contribution in [2.45, 2.75) is 18.6 Å². The highest BCUT2D eigenvalue weighted by Gasteiger charge is 2.33. The lowest BCUT2D eigenvalue weighted by molar-refractivity contribution is -0.0119. The molecule has 154 valence electrons. The molecule has 2 aliphatic heterocycles. The van der Waals surface area contributed by atoms with Gasteiger partial charge in [0.15, 0.2) is 0 Å². The quantitative estimate of drug-likeness (QED) is 0.817. The molecule has 0 aliphatic carbocycles. The molecule has 0 bridgehead atoms. The number of nitrogens with zero attached hydrogens (tertiary/aromatic N) is 4. The average molecular weight is 413 g/mol. The van der Waals surface area contributed by atoms with Crippen molar-refractivity contribution in [2.24, 2.45) is 0 Å². The summed E-state index contributed by atoms with van der Waals surface area (Å²) in [5.74, 6) is 1.04. The van der Waals surface area contributed by atoms with Crippen LogP contribution in [0.4, 0.5) is 5.82 Å². The van der Waals surface area contributed by atoms with E-state index in [0.29, 0.717) is 13.1 Å². The van der Waals surface area contributed by atoms with Crippen LogP contribution < -0.4 is 4.90 Å². The summed E-state index contributed by atoms with van der Waals surface area (Å²) in [4.78, 5) is 11.5. The van der Waals surface area contributed by atoms with Gasteiger partial charge < -0.3 is 10.0 Å². The summed E-state index contributed by atoms with van der Waals surface area (Å²) in [6, 6.07) is 16.4. The molecule has 0 saturated carbocycles. The fourth-order valence-electron chi connectivity index (χ4n) is 4.37. The molecule has 2 saturated heterocycles. The molecule has 0 radical (unpaired) electrons. The molecule has 0 unspecified atom stereocenters. The largest absolute Gasteiger partial charge is 0.390 e. The minimum atomic E-state index is -0.341. The smallest absolute Gasteiger partial charge is 0.128 e. The Bertz CT molecular complexity index is 793. The minimum Gasteiger partial charge on any atom is -0.390 e. The topological polar surface area (TPSA) is 42.8 Å². The van der Waals surface area contributed by atoms with Crippen molar-refractivity contribution < 1.29 is 5.11 Å². The Labute approximate surface area is 178 Å². The number of rotatable bonds is 5. The van der Waals surface area contributed by atoms with Crippen LogP contribution in [0.2, 0.25) is 0 Å². The zero-order chi connectivity index (χ0) is 20.1. The van der Waals surface area contributed by atoms with Gasteiger partial charge >= 0.3 is 0 Å². The van der Waals surface area contributed by atoms with E-state index >= 15 is 0 Å². The van der Waals surface area contributed by atoms with Crippen molar-refractivity contribution >= 4 is 23.5 Å². The van der Waals surface area contributed by atoms with E-state index in [9.17, 15) is 5.11 Å². The van der Waals surface area contributed by atoms with Crippen molar-refractivity contribution in [3.05, 3.63) is 65.3 Å². The van der Waals surface area contributed by atoms with E-state index in [1.165, 1.54) is 0 Å². The van der Waals surface area contributed by atoms with E-state index in [1.54, 1.807) is 0 Å². The summed E-state index contributed by atoms with van der Waals surface area (Å²) in [5, 5.41) is 11.6. The number of hydrogen-bond acceptors (Lipinski definition) is 5. The molecule has 4 rings (SSSR count). The van der Waals surface area contributed by atoms with Gasteiger partial charge in [-0.05, 0) is 30.2 Å². The number of aromatic nitrogens is 1. The standard InChI is InChI=1S/C23H29ClN4O/c24-20(16-19-6-2-1-3-7-19)17-26-11-9-21(22(29)18-26)27-12-14-28(15-13-27)23-8-4-5-10-25-23/h1-8,10,16,21-22,29H,9,11-15,17-18H2/t21-,22-/m1/s1. The molecular weight excluding hydrogens is 384 g/mol. The fraction of sp³-hybridized carbons (Fsp3) is 0.435. The first kappa shape index (κ1) is 20.4.